The quantitative estimate of drug-likeness (QED) is 0.295. The van der Waals surface area contributed by atoms with Crippen molar-refractivity contribution in [2.75, 3.05) is 0 Å². The number of esters is 1. The van der Waals surface area contributed by atoms with Crippen LogP contribution in [0.4, 0.5) is 0 Å². The lowest BCUT2D eigenvalue weighted by Gasteiger charge is -2.33. The predicted octanol–water partition coefficient (Wildman–Crippen LogP) is 5.19. The Morgan fingerprint density at radius 3 is 2.45 bits per heavy atom. The second kappa shape index (κ2) is 10.7. The van der Waals surface area contributed by atoms with Crippen LogP contribution < -0.4 is 0 Å². The van der Waals surface area contributed by atoms with Crippen molar-refractivity contribution >= 4 is 5.97 Å². The van der Waals surface area contributed by atoms with E-state index in [9.17, 15) is 4.79 Å². The average molecular weight is 278 g/mol. The molecule has 1 aliphatic heterocycles. The van der Waals surface area contributed by atoms with Gasteiger partial charge < -0.3 is 4.74 Å². The summed E-state index contributed by atoms with van der Waals surface area (Å²) in [6, 6.07) is 0. The fourth-order valence-corrected chi connectivity index (χ4v) is 2.48. The largest absolute Gasteiger partial charge is 0.457 e. The lowest BCUT2D eigenvalue weighted by Crippen LogP contribution is -2.43. The van der Waals surface area contributed by atoms with Crippen LogP contribution in [-0.2, 0) is 9.53 Å². The van der Waals surface area contributed by atoms with Crippen molar-refractivity contribution < 1.29 is 9.53 Å². The van der Waals surface area contributed by atoms with Gasteiger partial charge in [-0.05, 0) is 18.9 Å². The number of unbranched alkanes of at least 4 members (excludes halogenated alkanes) is 6. The van der Waals surface area contributed by atoms with Crippen LogP contribution in [0.5, 0.6) is 0 Å². The average Bonchev–Trinajstić information content (AvgIpc) is 2.45. The highest BCUT2D eigenvalue weighted by Crippen LogP contribution is 2.28. The maximum Gasteiger partial charge on any atom is 0.313 e. The molecule has 0 saturated carbocycles. The van der Waals surface area contributed by atoms with Crippen LogP contribution in [0.2, 0.25) is 0 Å². The minimum atomic E-state index is -0.00857. The van der Waals surface area contributed by atoms with Gasteiger partial charge in [-0.25, -0.2) is 0 Å². The predicted molar refractivity (Wildman–Crippen MR) is 84.6 cm³/mol. The van der Waals surface area contributed by atoms with Gasteiger partial charge in [0.25, 0.3) is 0 Å². The summed E-state index contributed by atoms with van der Waals surface area (Å²) in [5.74, 6) is 0.0998. The van der Waals surface area contributed by atoms with Gasteiger partial charge in [0.15, 0.2) is 0 Å². The molecular formula is C18H30O2. The van der Waals surface area contributed by atoms with E-state index in [1.54, 1.807) is 0 Å². The minimum absolute atomic E-state index is 0.00857. The van der Waals surface area contributed by atoms with Gasteiger partial charge in [-0.2, -0.15) is 0 Å². The second-order valence-corrected chi connectivity index (χ2v) is 5.67. The molecule has 1 fully saturated rings. The fraction of sp³-hybridized carbons (Fsp3) is 0.722. The number of allylic oxidation sites excluding steroid dienone is 3. The lowest BCUT2D eigenvalue weighted by atomic mass is 9.90. The Bertz CT molecular complexity index is 317. The topological polar surface area (TPSA) is 26.3 Å². The molecule has 0 bridgehead atoms. The van der Waals surface area contributed by atoms with Crippen LogP contribution in [0.25, 0.3) is 0 Å². The van der Waals surface area contributed by atoms with Gasteiger partial charge >= 0.3 is 5.97 Å². The highest BCUT2D eigenvalue weighted by molar-refractivity contribution is 5.79. The van der Waals surface area contributed by atoms with E-state index in [2.05, 4.69) is 26.0 Å². The Balaban J connectivity index is 2.14. The summed E-state index contributed by atoms with van der Waals surface area (Å²) in [4.78, 5) is 11.5. The molecule has 2 nitrogen and oxygen atoms in total. The highest BCUT2D eigenvalue weighted by atomic mass is 16.6. The molecule has 1 rings (SSSR count). The summed E-state index contributed by atoms with van der Waals surface area (Å²) in [5, 5.41) is 0. The van der Waals surface area contributed by atoms with E-state index >= 15 is 0 Å². The van der Waals surface area contributed by atoms with Crippen molar-refractivity contribution in [3.63, 3.8) is 0 Å². The third-order valence-corrected chi connectivity index (χ3v) is 3.82. The molecule has 0 N–H and O–H groups in total. The monoisotopic (exact) mass is 278 g/mol. The van der Waals surface area contributed by atoms with E-state index in [0.717, 1.165) is 19.3 Å². The molecule has 0 amide bonds. The maximum atomic E-state index is 11.5. The van der Waals surface area contributed by atoms with Crippen LogP contribution in [0.1, 0.15) is 71.6 Å². The molecule has 2 atom stereocenters. The SMILES string of the molecule is CCC/C=C/C=C/[C@@H]1OC(=O)[C@H]1CCCCCCCC. The van der Waals surface area contributed by atoms with Gasteiger partial charge in [0.1, 0.15) is 6.10 Å². The molecule has 0 aliphatic carbocycles. The summed E-state index contributed by atoms with van der Waals surface area (Å²) in [5.41, 5.74) is 0. The first-order valence-electron chi connectivity index (χ1n) is 8.33. The number of ether oxygens (including phenoxy) is 1. The molecule has 0 spiro atoms. The van der Waals surface area contributed by atoms with E-state index in [1.807, 2.05) is 12.2 Å². The number of hydrogen-bond acceptors (Lipinski definition) is 2. The molecule has 1 aliphatic rings. The zero-order chi connectivity index (χ0) is 14.6. The first-order chi connectivity index (χ1) is 9.79. The van der Waals surface area contributed by atoms with E-state index in [0.29, 0.717) is 0 Å². The normalized spacial score (nSPS) is 22.4. The molecular weight excluding hydrogens is 248 g/mol. The summed E-state index contributed by atoms with van der Waals surface area (Å²) >= 11 is 0. The zero-order valence-corrected chi connectivity index (χ0v) is 13.1. The van der Waals surface area contributed by atoms with Gasteiger partial charge in [-0.15, -0.1) is 0 Å². The number of hydrogen-bond donors (Lipinski definition) is 0. The summed E-state index contributed by atoms with van der Waals surface area (Å²) in [6.07, 6.45) is 19.2. The van der Waals surface area contributed by atoms with Crippen LogP contribution >= 0.6 is 0 Å². The molecule has 0 radical (unpaired) electrons. The lowest BCUT2D eigenvalue weighted by molar-refractivity contribution is -0.178. The first kappa shape index (κ1) is 17.0. The standard InChI is InChI=1S/C18H30O2/c1-3-5-7-9-11-12-14-16-17(20-18(16)19)15-13-10-8-6-4-2/h8,10,13,15-17H,3-7,9,11-12,14H2,1-2H3/b10-8+,15-13+/t16-,17-/m0/s1. The summed E-state index contributed by atoms with van der Waals surface area (Å²) in [7, 11) is 0. The molecule has 0 aromatic rings. The van der Waals surface area contributed by atoms with Gasteiger partial charge in [-0.1, -0.05) is 77.0 Å². The van der Waals surface area contributed by atoms with Crippen molar-refractivity contribution in [2.24, 2.45) is 5.92 Å². The second-order valence-electron chi connectivity index (χ2n) is 5.67. The fourth-order valence-electron chi connectivity index (χ4n) is 2.48. The molecule has 20 heavy (non-hydrogen) atoms. The van der Waals surface area contributed by atoms with E-state index in [4.69, 9.17) is 4.74 Å². The third-order valence-electron chi connectivity index (χ3n) is 3.82. The van der Waals surface area contributed by atoms with Crippen LogP contribution in [-0.4, -0.2) is 12.1 Å². The van der Waals surface area contributed by atoms with Crippen LogP contribution in [0.3, 0.4) is 0 Å². The van der Waals surface area contributed by atoms with E-state index in [1.165, 1.54) is 38.5 Å². The molecule has 0 unspecified atom stereocenters. The Morgan fingerprint density at radius 1 is 1.00 bits per heavy atom. The Labute approximate surface area is 124 Å². The molecule has 1 saturated heterocycles. The zero-order valence-electron chi connectivity index (χ0n) is 13.1. The van der Waals surface area contributed by atoms with Gasteiger partial charge in [0.2, 0.25) is 0 Å². The first-order valence-corrected chi connectivity index (χ1v) is 8.33. The molecule has 114 valence electrons. The minimum Gasteiger partial charge on any atom is -0.457 e. The number of cyclic esters (lactones) is 1. The van der Waals surface area contributed by atoms with Crippen LogP contribution in [0.15, 0.2) is 24.3 Å². The molecule has 0 aromatic carbocycles. The number of carbonyl (C=O) groups excluding carboxylic acids is 1. The Morgan fingerprint density at radius 2 is 1.75 bits per heavy atom. The van der Waals surface area contributed by atoms with Crippen molar-refractivity contribution in [2.45, 2.75) is 77.7 Å². The van der Waals surface area contributed by atoms with Gasteiger partial charge in [0.05, 0.1) is 5.92 Å². The Kier molecular flexibility index (Phi) is 9.10. The molecule has 2 heteroatoms. The number of rotatable bonds is 11. The summed E-state index contributed by atoms with van der Waals surface area (Å²) < 4.78 is 5.19. The van der Waals surface area contributed by atoms with Gasteiger partial charge in [0, 0.05) is 0 Å². The van der Waals surface area contributed by atoms with Crippen LogP contribution in [0, 0.1) is 5.92 Å². The number of carbonyl (C=O) groups is 1. The maximum absolute atomic E-state index is 11.5. The van der Waals surface area contributed by atoms with Crippen molar-refractivity contribution in [1.29, 1.82) is 0 Å². The summed E-state index contributed by atoms with van der Waals surface area (Å²) in [6.45, 7) is 4.40. The van der Waals surface area contributed by atoms with Crippen molar-refractivity contribution in [1.82, 2.24) is 0 Å². The van der Waals surface area contributed by atoms with E-state index < -0.39 is 0 Å². The highest BCUT2D eigenvalue weighted by Gasteiger charge is 2.39. The smallest absolute Gasteiger partial charge is 0.313 e. The molecule has 0 aromatic heterocycles. The Hall–Kier alpha value is -1.05. The van der Waals surface area contributed by atoms with E-state index in [-0.39, 0.29) is 18.0 Å². The third kappa shape index (κ3) is 6.40. The van der Waals surface area contributed by atoms with Crippen molar-refractivity contribution in [3.8, 4) is 0 Å². The molecule has 1 heterocycles. The van der Waals surface area contributed by atoms with Crippen molar-refractivity contribution in [3.05, 3.63) is 24.3 Å². The van der Waals surface area contributed by atoms with Gasteiger partial charge in [-0.3, -0.25) is 4.79 Å².